The normalized spacial score (nSPS) is 19.6. The summed E-state index contributed by atoms with van der Waals surface area (Å²) < 4.78 is 1.83. The number of aliphatic hydroxyl groups is 1. The van der Waals surface area contributed by atoms with Crippen LogP contribution in [0.2, 0.25) is 0 Å². The number of carbonyl (C=O) groups is 1. The van der Waals surface area contributed by atoms with Gasteiger partial charge in [0.2, 0.25) is 0 Å². The lowest BCUT2D eigenvalue weighted by atomic mass is 10.2. The predicted octanol–water partition coefficient (Wildman–Crippen LogP) is 0.931. The van der Waals surface area contributed by atoms with Crippen molar-refractivity contribution in [3.8, 4) is 0 Å². The van der Waals surface area contributed by atoms with Gasteiger partial charge >= 0.3 is 0 Å². The highest BCUT2D eigenvalue weighted by Crippen LogP contribution is 2.19. The molecule has 1 amide bonds. The molecule has 1 N–H and O–H groups in total. The fourth-order valence-corrected chi connectivity index (χ4v) is 2.48. The van der Waals surface area contributed by atoms with Crippen LogP contribution < -0.4 is 0 Å². The maximum absolute atomic E-state index is 12.3. The third kappa shape index (κ3) is 1.76. The molecule has 5 nitrogen and oxygen atoms in total. The van der Waals surface area contributed by atoms with E-state index in [0.29, 0.717) is 12.2 Å². The lowest BCUT2D eigenvalue weighted by Gasteiger charge is -2.21. The number of hydrogen-bond donors (Lipinski definition) is 1. The molecule has 1 saturated heterocycles. The molecule has 2 aromatic heterocycles. The highest BCUT2D eigenvalue weighted by Gasteiger charge is 2.29. The van der Waals surface area contributed by atoms with E-state index >= 15 is 0 Å². The summed E-state index contributed by atoms with van der Waals surface area (Å²) in [5.41, 5.74) is 1.21. The van der Waals surface area contributed by atoms with Gasteiger partial charge in [0.25, 0.3) is 5.91 Å². The van der Waals surface area contributed by atoms with Crippen molar-refractivity contribution in [2.24, 2.45) is 0 Å². The summed E-state index contributed by atoms with van der Waals surface area (Å²) in [5, 5.41) is 9.25. The zero-order chi connectivity index (χ0) is 12.5. The molecule has 94 valence electrons. The Morgan fingerprint density at radius 1 is 1.50 bits per heavy atom. The summed E-state index contributed by atoms with van der Waals surface area (Å²) >= 11 is 0. The maximum atomic E-state index is 12.3. The summed E-state index contributed by atoms with van der Waals surface area (Å²) in [6, 6.07) is 5.60. The summed E-state index contributed by atoms with van der Waals surface area (Å²) in [7, 11) is 0. The van der Waals surface area contributed by atoms with E-state index in [0.717, 1.165) is 18.5 Å². The molecule has 1 aliphatic heterocycles. The molecule has 0 aromatic carbocycles. The van der Waals surface area contributed by atoms with Crippen LogP contribution in [0.3, 0.4) is 0 Å². The molecule has 0 aliphatic carbocycles. The second-order valence-electron chi connectivity index (χ2n) is 4.57. The first-order valence-electron chi connectivity index (χ1n) is 6.15. The van der Waals surface area contributed by atoms with Gasteiger partial charge in [0, 0.05) is 18.9 Å². The molecule has 1 fully saturated rings. The lowest BCUT2D eigenvalue weighted by Crippen LogP contribution is -2.37. The van der Waals surface area contributed by atoms with E-state index in [2.05, 4.69) is 4.98 Å². The molecule has 5 heteroatoms. The standard InChI is InChI=1S/C13H15N3O2/c17-9-10-4-3-7-16(10)13(18)11-8-15-6-2-1-5-12(15)14-11/h1-2,5-6,8,10,17H,3-4,7,9H2/t10-/m1/s1. The van der Waals surface area contributed by atoms with E-state index in [4.69, 9.17) is 0 Å². The second-order valence-corrected chi connectivity index (χ2v) is 4.57. The van der Waals surface area contributed by atoms with Gasteiger partial charge in [-0.2, -0.15) is 0 Å². The Bertz CT molecular complexity index is 545. The summed E-state index contributed by atoms with van der Waals surface area (Å²) in [4.78, 5) is 18.4. The number of imidazole rings is 1. The number of amides is 1. The topological polar surface area (TPSA) is 57.8 Å². The minimum atomic E-state index is -0.0877. The smallest absolute Gasteiger partial charge is 0.274 e. The molecule has 18 heavy (non-hydrogen) atoms. The number of aromatic nitrogens is 2. The molecule has 0 spiro atoms. The number of nitrogens with zero attached hydrogens (tertiary/aromatic N) is 3. The van der Waals surface area contributed by atoms with Crippen molar-refractivity contribution < 1.29 is 9.90 Å². The Morgan fingerprint density at radius 3 is 3.17 bits per heavy atom. The van der Waals surface area contributed by atoms with Gasteiger partial charge in [-0.05, 0) is 25.0 Å². The quantitative estimate of drug-likeness (QED) is 0.856. The molecule has 0 bridgehead atoms. The summed E-state index contributed by atoms with van der Waals surface area (Å²) in [5.74, 6) is -0.0877. The van der Waals surface area contributed by atoms with E-state index in [1.54, 1.807) is 11.1 Å². The number of rotatable bonds is 2. The van der Waals surface area contributed by atoms with Gasteiger partial charge in [-0.1, -0.05) is 6.07 Å². The van der Waals surface area contributed by atoms with E-state index in [9.17, 15) is 9.90 Å². The maximum Gasteiger partial charge on any atom is 0.274 e. The van der Waals surface area contributed by atoms with Crippen molar-refractivity contribution in [3.63, 3.8) is 0 Å². The largest absolute Gasteiger partial charge is 0.394 e. The average Bonchev–Trinajstić information content (AvgIpc) is 3.03. The van der Waals surface area contributed by atoms with Gasteiger partial charge in [-0.25, -0.2) is 4.98 Å². The number of aliphatic hydroxyl groups excluding tert-OH is 1. The Morgan fingerprint density at radius 2 is 2.39 bits per heavy atom. The Hall–Kier alpha value is -1.88. The molecule has 1 atom stereocenters. The van der Waals surface area contributed by atoms with Crippen LogP contribution in [0.1, 0.15) is 23.3 Å². The van der Waals surface area contributed by atoms with Crippen LogP contribution in [0.4, 0.5) is 0 Å². The van der Waals surface area contributed by atoms with Gasteiger partial charge in [0.05, 0.1) is 12.6 Å². The van der Waals surface area contributed by atoms with E-state index in [-0.39, 0.29) is 18.6 Å². The van der Waals surface area contributed by atoms with Crippen LogP contribution in [0.25, 0.3) is 5.65 Å². The van der Waals surface area contributed by atoms with Gasteiger partial charge < -0.3 is 14.4 Å². The van der Waals surface area contributed by atoms with Crippen LogP contribution in [0.15, 0.2) is 30.6 Å². The number of carbonyl (C=O) groups excluding carboxylic acids is 1. The molecule has 3 heterocycles. The van der Waals surface area contributed by atoms with Gasteiger partial charge in [-0.15, -0.1) is 0 Å². The van der Waals surface area contributed by atoms with Crippen LogP contribution in [-0.4, -0.2) is 44.5 Å². The van der Waals surface area contributed by atoms with Crippen LogP contribution in [-0.2, 0) is 0 Å². The second kappa shape index (κ2) is 4.42. The van der Waals surface area contributed by atoms with Crippen molar-refractivity contribution in [2.75, 3.05) is 13.2 Å². The molecule has 0 radical (unpaired) electrons. The molecule has 2 aromatic rings. The van der Waals surface area contributed by atoms with Crippen molar-refractivity contribution in [1.29, 1.82) is 0 Å². The molecular formula is C13H15N3O2. The minimum Gasteiger partial charge on any atom is -0.394 e. The summed E-state index contributed by atoms with van der Waals surface area (Å²) in [6.45, 7) is 0.733. The number of fused-ring (bicyclic) bond motifs is 1. The van der Waals surface area contributed by atoms with Crippen molar-refractivity contribution >= 4 is 11.6 Å². The Labute approximate surface area is 105 Å². The predicted molar refractivity (Wildman–Crippen MR) is 66.3 cm³/mol. The molecule has 0 unspecified atom stereocenters. The van der Waals surface area contributed by atoms with Crippen LogP contribution in [0.5, 0.6) is 0 Å². The van der Waals surface area contributed by atoms with Crippen molar-refractivity contribution in [2.45, 2.75) is 18.9 Å². The SMILES string of the molecule is O=C(c1cn2ccccc2n1)N1CCC[C@@H]1CO. The third-order valence-corrected chi connectivity index (χ3v) is 3.43. The van der Waals surface area contributed by atoms with E-state index in [1.165, 1.54) is 0 Å². The molecule has 1 aliphatic rings. The zero-order valence-electron chi connectivity index (χ0n) is 9.99. The average molecular weight is 245 g/mol. The Balaban J connectivity index is 1.91. The molecule has 0 saturated carbocycles. The monoisotopic (exact) mass is 245 g/mol. The third-order valence-electron chi connectivity index (χ3n) is 3.43. The van der Waals surface area contributed by atoms with E-state index in [1.807, 2.05) is 28.8 Å². The lowest BCUT2D eigenvalue weighted by molar-refractivity contribution is 0.0672. The Kier molecular flexibility index (Phi) is 2.76. The number of hydrogen-bond acceptors (Lipinski definition) is 3. The highest BCUT2D eigenvalue weighted by molar-refractivity contribution is 5.93. The zero-order valence-corrected chi connectivity index (χ0v) is 9.99. The van der Waals surface area contributed by atoms with Gasteiger partial charge in [0.1, 0.15) is 11.3 Å². The highest BCUT2D eigenvalue weighted by atomic mass is 16.3. The van der Waals surface area contributed by atoms with Crippen molar-refractivity contribution in [3.05, 3.63) is 36.3 Å². The summed E-state index contributed by atoms with van der Waals surface area (Å²) in [6.07, 6.45) is 5.43. The first-order valence-corrected chi connectivity index (χ1v) is 6.15. The van der Waals surface area contributed by atoms with Crippen molar-refractivity contribution in [1.82, 2.24) is 14.3 Å². The molecular weight excluding hydrogens is 230 g/mol. The minimum absolute atomic E-state index is 0.0269. The van der Waals surface area contributed by atoms with Gasteiger partial charge in [0.15, 0.2) is 0 Å². The number of pyridine rings is 1. The van der Waals surface area contributed by atoms with E-state index < -0.39 is 0 Å². The first kappa shape index (κ1) is 11.2. The number of likely N-dealkylation sites (tertiary alicyclic amines) is 1. The fraction of sp³-hybridized carbons (Fsp3) is 0.385. The van der Waals surface area contributed by atoms with Gasteiger partial charge in [-0.3, -0.25) is 4.79 Å². The first-order chi connectivity index (χ1) is 8.79. The van der Waals surface area contributed by atoms with Crippen LogP contribution in [0, 0.1) is 0 Å². The van der Waals surface area contributed by atoms with Crippen LogP contribution >= 0.6 is 0 Å². The fourth-order valence-electron chi connectivity index (χ4n) is 2.48. The molecule has 3 rings (SSSR count).